The summed E-state index contributed by atoms with van der Waals surface area (Å²) in [4.78, 5) is 11.5. The highest BCUT2D eigenvalue weighted by Crippen LogP contribution is 2.42. The predicted octanol–water partition coefficient (Wildman–Crippen LogP) is 5.48. The van der Waals surface area contributed by atoms with Crippen molar-refractivity contribution in [2.75, 3.05) is 20.8 Å². The molecule has 0 spiro atoms. The van der Waals surface area contributed by atoms with Crippen LogP contribution in [0, 0.1) is 5.92 Å². The minimum Gasteiger partial charge on any atom is -0.469 e. The van der Waals surface area contributed by atoms with Crippen LogP contribution in [0.15, 0.2) is 11.6 Å². The summed E-state index contributed by atoms with van der Waals surface area (Å²) in [5.74, 6) is -0.0720. The maximum Gasteiger partial charge on any atom is 0.308 e. The molecule has 0 aliphatic carbocycles. The molecule has 0 aromatic rings. The average molecular weight is 431 g/mol. The van der Waals surface area contributed by atoms with Gasteiger partial charge in [-0.3, -0.25) is 4.79 Å². The first-order valence-corrected chi connectivity index (χ1v) is 13.2. The molecule has 0 fully saturated rings. The first-order valence-electron chi connectivity index (χ1n) is 11.1. The van der Waals surface area contributed by atoms with Gasteiger partial charge < -0.3 is 19.0 Å². The van der Waals surface area contributed by atoms with Gasteiger partial charge in [-0.1, -0.05) is 54.5 Å². The van der Waals surface area contributed by atoms with Gasteiger partial charge in [0.1, 0.15) is 0 Å². The normalized spacial score (nSPS) is 16.4. The van der Waals surface area contributed by atoms with E-state index in [0.717, 1.165) is 12.0 Å². The fraction of sp³-hybridized carbons (Fsp3) is 0.870. The molecule has 0 unspecified atom stereocenters. The topological polar surface area (TPSA) is 65.0 Å². The highest BCUT2D eigenvalue weighted by atomic mass is 28.4. The third-order valence-corrected chi connectivity index (χ3v) is 12.3. The summed E-state index contributed by atoms with van der Waals surface area (Å²) >= 11 is 0. The number of hydrogen-bond donors (Lipinski definition) is 1. The fourth-order valence-electron chi connectivity index (χ4n) is 4.49. The van der Waals surface area contributed by atoms with Gasteiger partial charge in [0.25, 0.3) is 0 Å². The largest absolute Gasteiger partial charge is 0.469 e. The lowest BCUT2D eigenvalue weighted by Gasteiger charge is -2.42. The molecule has 0 aromatic heterocycles. The first-order chi connectivity index (χ1) is 13.5. The summed E-state index contributed by atoms with van der Waals surface area (Å²) < 4.78 is 16.8. The van der Waals surface area contributed by atoms with Crippen LogP contribution >= 0.6 is 0 Å². The van der Waals surface area contributed by atoms with Crippen molar-refractivity contribution >= 4 is 14.3 Å². The lowest BCUT2D eigenvalue weighted by atomic mass is 9.97. The Morgan fingerprint density at radius 3 is 1.93 bits per heavy atom. The Kier molecular flexibility index (Phi) is 13.3. The average Bonchev–Trinajstić information content (AvgIpc) is 2.65. The smallest absolute Gasteiger partial charge is 0.308 e. The van der Waals surface area contributed by atoms with E-state index in [9.17, 15) is 9.90 Å². The lowest BCUT2D eigenvalue weighted by molar-refractivity contribution is -0.143. The molecule has 0 saturated heterocycles. The maximum absolute atomic E-state index is 11.5. The van der Waals surface area contributed by atoms with Gasteiger partial charge in [0, 0.05) is 20.1 Å². The third kappa shape index (κ3) is 8.52. The van der Waals surface area contributed by atoms with Gasteiger partial charge in [0.2, 0.25) is 0 Å². The number of ether oxygens (including phenoxy) is 2. The molecule has 0 amide bonds. The quantitative estimate of drug-likeness (QED) is 0.224. The van der Waals surface area contributed by atoms with Gasteiger partial charge in [0.05, 0.1) is 25.7 Å². The maximum atomic E-state index is 11.5. The van der Waals surface area contributed by atoms with Crippen LogP contribution in [0.3, 0.4) is 0 Å². The number of aliphatic hydroxyl groups is 1. The summed E-state index contributed by atoms with van der Waals surface area (Å²) in [6, 6.07) is 0. The molecule has 0 rings (SSSR count). The standard InChI is InChI=1S/C23H46O5Si/c1-11-20(15-28-29(16(2)3,17(4)5)18(6)7)12-19(8)22(24)13-21(26-9)14-23(25)27-10/h12,16-18,20-22,24H,11,13-15H2,1-10H3/b19-12-/t20-,21-,22-/m1/s1. The van der Waals surface area contributed by atoms with Crippen molar-refractivity contribution in [3.05, 3.63) is 11.6 Å². The van der Waals surface area contributed by atoms with Crippen molar-refractivity contribution in [3.63, 3.8) is 0 Å². The van der Waals surface area contributed by atoms with Crippen LogP contribution in [0.4, 0.5) is 0 Å². The molecule has 0 aromatic carbocycles. The van der Waals surface area contributed by atoms with Crippen molar-refractivity contribution in [2.24, 2.45) is 5.92 Å². The monoisotopic (exact) mass is 430 g/mol. The zero-order valence-corrected chi connectivity index (χ0v) is 21.5. The zero-order valence-electron chi connectivity index (χ0n) is 20.5. The molecule has 3 atom stereocenters. The van der Waals surface area contributed by atoms with Crippen LogP contribution in [0.25, 0.3) is 0 Å². The SMILES string of the molecule is CC[C@H](/C=C(/C)[C@H](O)C[C@H](CC(=O)OC)OC)CO[Si](C(C)C)(C(C)C)C(C)C. The molecule has 0 aliphatic heterocycles. The highest BCUT2D eigenvalue weighted by molar-refractivity contribution is 6.77. The van der Waals surface area contributed by atoms with E-state index in [1.807, 2.05) is 6.92 Å². The van der Waals surface area contributed by atoms with Crippen LogP contribution in [-0.4, -0.2) is 52.4 Å². The predicted molar refractivity (Wildman–Crippen MR) is 123 cm³/mol. The molecule has 172 valence electrons. The molecular formula is C23H46O5Si. The van der Waals surface area contributed by atoms with Gasteiger partial charge in [-0.05, 0) is 41.5 Å². The van der Waals surface area contributed by atoms with E-state index in [4.69, 9.17) is 13.9 Å². The molecule has 0 saturated carbocycles. The summed E-state index contributed by atoms with van der Waals surface area (Å²) in [6.07, 6.45) is 2.59. The second-order valence-electron chi connectivity index (χ2n) is 9.10. The number of rotatable bonds is 14. The van der Waals surface area contributed by atoms with Gasteiger partial charge in [0.15, 0.2) is 8.32 Å². The molecule has 6 heteroatoms. The number of hydrogen-bond acceptors (Lipinski definition) is 5. The highest BCUT2D eigenvalue weighted by Gasteiger charge is 2.45. The van der Waals surface area contributed by atoms with E-state index < -0.39 is 14.4 Å². The zero-order chi connectivity index (χ0) is 22.8. The minimum atomic E-state index is -1.90. The van der Waals surface area contributed by atoms with Crippen molar-refractivity contribution < 1.29 is 23.8 Å². The number of carbonyl (C=O) groups is 1. The summed E-state index contributed by atoms with van der Waals surface area (Å²) in [5, 5.41) is 10.6. The molecular weight excluding hydrogens is 384 g/mol. The summed E-state index contributed by atoms with van der Waals surface area (Å²) in [7, 11) is 1.01. The summed E-state index contributed by atoms with van der Waals surface area (Å²) in [6.45, 7) is 18.6. The molecule has 0 bridgehead atoms. The van der Waals surface area contributed by atoms with Crippen LogP contribution in [0.2, 0.25) is 16.6 Å². The van der Waals surface area contributed by atoms with E-state index in [2.05, 4.69) is 54.5 Å². The van der Waals surface area contributed by atoms with Crippen molar-refractivity contribution in [3.8, 4) is 0 Å². The second-order valence-corrected chi connectivity index (χ2v) is 14.6. The molecule has 0 radical (unpaired) electrons. The number of esters is 1. The van der Waals surface area contributed by atoms with Crippen molar-refractivity contribution in [1.29, 1.82) is 0 Å². The van der Waals surface area contributed by atoms with Crippen LogP contribution in [0.5, 0.6) is 0 Å². The molecule has 5 nitrogen and oxygen atoms in total. The van der Waals surface area contributed by atoms with E-state index in [-0.39, 0.29) is 24.4 Å². The Labute approximate surface area is 180 Å². The Balaban J connectivity index is 5.17. The first kappa shape index (κ1) is 28.3. The minimum absolute atomic E-state index is 0.142. The molecule has 0 aliphatic rings. The number of aliphatic hydroxyl groups excluding tert-OH is 1. The fourth-order valence-corrected chi connectivity index (χ4v) is 9.99. The number of methoxy groups -OCH3 is 2. The van der Waals surface area contributed by atoms with Gasteiger partial charge in [-0.15, -0.1) is 0 Å². The van der Waals surface area contributed by atoms with Crippen LogP contribution in [-0.2, 0) is 18.7 Å². The Hall–Kier alpha value is -0.693. The van der Waals surface area contributed by atoms with Crippen LogP contribution < -0.4 is 0 Å². The van der Waals surface area contributed by atoms with E-state index in [1.54, 1.807) is 7.11 Å². The molecule has 29 heavy (non-hydrogen) atoms. The van der Waals surface area contributed by atoms with E-state index >= 15 is 0 Å². The second kappa shape index (κ2) is 13.6. The van der Waals surface area contributed by atoms with Crippen LogP contribution in [0.1, 0.15) is 74.7 Å². The van der Waals surface area contributed by atoms with Crippen molar-refractivity contribution in [1.82, 2.24) is 0 Å². The van der Waals surface area contributed by atoms with Gasteiger partial charge in [-0.2, -0.15) is 0 Å². The van der Waals surface area contributed by atoms with Crippen molar-refractivity contribution in [2.45, 2.75) is 103 Å². The third-order valence-electron chi connectivity index (χ3n) is 6.24. The molecule has 1 N–H and O–H groups in total. The lowest BCUT2D eigenvalue weighted by Crippen LogP contribution is -2.48. The Morgan fingerprint density at radius 2 is 1.55 bits per heavy atom. The Bertz CT molecular complexity index is 480. The molecule has 0 heterocycles. The van der Waals surface area contributed by atoms with E-state index in [1.165, 1.54) is 7.11 Å². The number of carbonyl (C=O) groups excluding carboxylic acids is 1. The Morgan fingerprint density at radius 1 is 1.03 bits per heavy atom. The van der Waals surface area contributed by atoms with Gasteiger partial charge >= 0.3 is 5.97 Å². The van der Waals surface area contributed by atoms with E-state index in [0.29, 0.717) is 29.7 Å². The van der Waals surface area contributed by atoms with Gasteiger partial charge in [-0.25, -0.2) is 0 Å². The summed E-state index contributed by atoms with van der Waals surface area (Å²) in [5.41, 5.74) is 2.56.